The molecule has 3 nitrogen and oxygen atoms in total. The largest absolute Gasteiger partial charge is 0.346 e. The number of nitrogens with one attached hydrogen (secondary N) is 1. The molecule has 3 heteroatoms. The number of hydrogen-bond acceptors (Lipinski definition) is 2. The predicted molar refractivity (Wildman–Crippen MR) is 91.6 cm³/mol. The molecule has 0 amide bonds. The van der Waals surface area contributed by atoms with Gasteiger partial charge in [0.15, 0.2) is 0 Å². The molecule has 116 valence electrons. The number of aryl methyl sites for hydroxylation is 2. The van der Waals surface area contributed by atoms with Crippen molar-refractivity contribution >= 4 is 0 Å². The van der Waals surface area contributed by atoms with Gasteiger partial charge < -0.3 is 4.98 Å². The van der Waals surface area contributed by atoms with Crippen LogP contribution in [-0.2, 0) is 13.0 Å². The van der Waals surface area contributed by atoms with Crippen molar-refractivity contribution < 1.29 is 0 Å². The maximum Gasteiger partial charge on any atom is 0.106 e. The number of imidazole rings is 1. The molecule has 1 aromatic heterocycles. The topological polar surface area (TPSA) is 31.9 Å². The van der Waals surface area contributed by atoms with Crippen LogP contribution in [0.2, 0.25) is 0 Å². The van der Waals surface area contributed by atoms with Crippen molar-refractivity contribution in [3.05, 3.63) is 53.1 Å². The van der Waals surface area contributed by atoms with E-state index in [1.807, 2.05) is 30.3 Å². The molecule has 0 atom stereocenters. The number of H-pyrrole nitrogens is 1. The summed E-state index contributed by atoms with van der Waals surface area (Å²) in [5.74, 6) is 7.58. The lowest BCUT2D eigenvalue weighted by molar-refractivity contribution is 0.295. The average molecular weight is 295 g/mol. The molecule has 0 fully saturated rings. The van der Waals surface area contributed by atoms with E-state index in [9.17, 15) is 0 Å². The minimum Gasteiger partial charge on any atom is -0.346 e. The van der Waals surface area contributed by atoms with Crippen LogP contribution in [0.25, 0.3) is 0 Å². The standard InChI is InChI=1S/C19H25N3/c1-4-13-22(14-9-12-17-10-7-6-8-11-17)15-18-16(3)20-19(5-2)21-18/h6-8,10-11H,4-5,13-15H2,1-3H3,(H,20,21). The fourth-order valence-electron chi connectivity index (χ4n) is 2.40. The fourth-order valence-corrected chi connectivity index (χ4v) is 2.40. The zero-order valence-electron chi connectivity index (χ0n) is 13.8. The van der Waals surface area contributed by atoms with Crippen molar-refractivity contribution in [2.45, 2.75) is 40.2 Å². The fraction of sp³-hybridized carbons (Fsp3) is 0.421. The number of rotatable bonds is 6. The van der Waals surface area contributed by atoms with E-state index in [1.165, 1.54) is 5.69 Å². The minimum atomic E-state index is 0.774. The van der Waals surface area contributed by atoms with Crippen LogP contribution in [-0.4, -0.2) is 28.0 Å². The minimum absolute atomic E-state index is 0.774. The number of benzene rings is 1. The van der Waals surface area contributed by atoms with Crippen LogP contribution < -0.4 is 0 Å². The average Bonchev–Trinajstić information content (AvgIpc) is 2.89. The van der Waals surface area contributed by atoms with E-state index < -0.39 is 0 Å². The Hall–Kier alpha value is -2.05. The molecule has 0 aliphatic rings. The monoisotopic (exact) mass is 295 g/mol. The smallest absolute Gasteiger partial charge is 0.106 e. The van der Waals surface area contributed by atoms with Crippen LogP contribution >= 0.6 is 0 Å². The molecule has 1 aromatic carbocycles. The highest BCUT2D eigenvalue weighted by Crippen LogP contribution is 2.09. The third-order valence-electron chi connectivity index (χ3n) is 3.59. The lowest BCUT2D eigenvalue weighted by Crippen LogP contribution is -2.25. The molecule has 22 heavy (non-hydrogen) atoms. The van der Waals surface area contributed by atoms with Gasteiger partial charge in [-0.15, -0.1) is 0 Å². The SMILES string of the molecule is CCCN(CC#Cc1ccccc1)Cc1nc(CC)[nH]c1C. The van der Waals surface area contributed by atoms with Gasteiger partial charge in [0.1, 0.15) is 5.82 Å². The Kier molecular flexibility index (Phi) is 6.24. The van der Waals surface area contributed by atoms with E-state index in [0.717, 1.165) is 49.6 Å². The van der Waals surface area contributed by atoms with Gasteiger partial charge in [0, 0.05) is 24.2 Å². The maximum atomic E-state index is 4.67. The summed E-state index contributed by atoms with van der Waals surface area (Å²) < 4.78 is 0. The number of hydrogen-bond donors (Lipinski definition) is 1. The van der Waals surface area contributed by atoms with Crippen LogP contribution in [0.5, 0.6) is 0 Å². The molecular weight excluding hydrogens is 270 g/mol. The van der Waals surface area contributed by atoms with Crippen molar-refractivity contribution in [1.82, 2.24) is 14.9 Å². The van der Waals surface area contributed by atoms with Crippen molar-refractivity contribution in [2.75, 3.05) is 13.1 Å². The van der Waals surface area contributed by atoms with Crippen LogP contribution in [0.1, 0.15) is 43.0 Å². The summed E-state index contributed by atoms with van der Waals surface area (Å²) >= 11 is 0. The van der Waals surface area contributed by atoms with Crippen molar-refractivity contribution in [3.63, 3.8) is 0 Å². The summed E-state index contributed by atoms with van der Waals surface area (Å²) in [7, 11) is 0. The Bertz CT molecular complexity index is 632. The van der Waals surface area contributed by atoms with Crippen LogP contribution in [0.4, 0.5) is 0 Å². The predicted octanol–water partition coefficient (Wildman–Crippen LogP) is 3.54. The van der Waals surface area contributed by atoms with Crippen LogP contribution in [0.15, 0.2) is 30.3 Å². The molecule has 2 aromatic rings. The van der Waals surface area contributed by atoms with Gasteiger partial charge in [0.2, 0.25) is 0 Å². The Balaban J connectivity index is 2.00. The Morgan fingerprint density at radius 2 is 1.95 bits per heavy atom. The van der Waals surface area contributed by atoms with Crippen LogP contribution in [0.3, 0.4) is 0 Å². The lowest BCUT2D eigenvalue weighted by Gasteiger charge is -2.17. The molecule has 2 rings (SSSR count). The molecule has 0 spiro atoms. The van der Waals surface area contributed by atoms with E-state index in [1.54, 1.807) is 0 Å². The van der Waals surface area contributed by atoms with Gasteiger partial charge in [0.05, 0.1) is 12.2 Å². The highest BCUT2D eigenvalue weighted by atomic mass is 15.1. The van der Waals surface area contributed by atoms with Gasteiger partial charge in [0.25, 0.3) is 0 Å². The molecule has 0 aliphatic carbocycles. The van der Waals surface area contributed by atoms with Crippen LogP contribution in [0, 0.1) is 18.8 Å². The molecule has 1 N–H and O–H groups in total. The van der Waals surface area contributed by atoms with Crippen molar-refractivity contribution in [3.8, 4) is 11.8 Å². The Labute approximate surface area is 133 Å². The second-order valence-electron chi connectivity index (χ2n) is 5.49. The summed E-state index contributed by atoms with van der Waals surface area (Å²) in [6.45, 7) is 9.10. The molecule has 1 heterocycles. The summed E-state index contributed by atoms with van der Waals surface area (Å²) in [5.41, 5.74) is 3.39. The summed E-state index contributed by atoms with van der Waals surface area (Å²) in [5, 5.41) is 0. The first kappa shape index (κ1) is 16.3. The van der Waals surface area contributed by atoms with E-state index >= 15 is 0 Å². The van der Waals surface area contributed by atoms with Crippen molar-refractivity contribution in [1.29, 1.82) is 0 Å². The molecular formula is C19H25N3. The highest BCUT2D eigenvalue weighted by molar-refractivity contribution is 5.33. The van der Waals surface area contributed by atoms with Gasteiger partial charge in [-0.3, -0.25) is 4.90 Å². The third kappa shape index (κ3) is 4.75. The third-order valence-corrected chi connectivity index (χ3v) is 3.59. The van der Waals surface area contributed by atoms with E-state index in [2.05, 4.69) is 47.5 Å². The first-order valence-corrected chi connectivity index (χ1v) is 8.03. The zero-order valence-corrected chi connectivity index (χ0v) is 13.8. The van der Waals surface area contributed by atoms with Gasteiger partial charge in [-0.2, -0.15) is 0 Å². The first-order chi connectivity index (χ1) is 10.7. The lowest BCUT2D eigenvalue weighted by atomic mass is 10.2. The van der Waals surface area contributed by atoms with Crippen molar-refractivity contribution in [2.24, 2.45) is 0 Å². The van der Waals surface area contributed by atoms with Gasteiger partial charge in [-0.1, -0.05) is 43.9 Å². The molecule has 0 saturated heterocycles. The molecule has 0 unspecified atom stereocenters. The second kappa shape index (κ2) is 8.41. The van der Waals surface area contributed by atoms with E-state index in [0.29, 0.717) is 0 Å². The normalized spacial score (nSPS) is 10.5. The van der Waals surface area contributed by atoms with Gasteiger partial charge in [-0.25, -0.2) is 4.98 Å². The summed E-state index contributed by atoms with van der Waals surface area (Å²) in [6.07, 6.45) is 2.07. The van der Waals surface area contributed by atoms with Gasteiger partial charge in [-0.05, 0) is 32.0 Å². The molecule has 0 radical (unpaired) electrons. The number of aromatic nitrogens is 2. The number of aromatic amines is 1. The summed E-state index contributed by atoms with van der Waals surface area (Å²) in [6, 6.07) is 10.1. The first-order valence-electron chi connectivity index (χ1n) is 8.03. The summed E-state index contributed by atoms with van der Waals surface area (Å²) in [4.78, 5) is 10.4. The van der Waals surface area contributed by atoms with E-state index in [4.69, 9.17) is 0 Å². The van der Waals surface area contributed by atoms with Gasteiger partial charge >= 0.3 is 0 Å². The quantitative estimate of drug-likeness (QED) is 0.827. The molecule has 0 aliphatic heterocycles. The second-order valence-corrected chi connectivity index (χ2v) is 5.49. The zero-order chi connectivity index (χ0) is 15.8. The van der Waals surface area contributed by atoms with E-state index in [-0.39, 0.29) is 0 Å². The number of nitrogens with zero attached hydrogens (tertiary/aromatic N) is 2. The molecule has 0 bridgehead atoms. The highest BCUT2D eigenvalue weighted by Gasteiger charge is 2.10. The Morgan fingerprint density at radius 1 is 1.18 bits per heavy atom. The molecule has 0 saturated carbocycles. The Morgan fingerprint density at radius 3 is 2.59 bits per heavy atom. The maximum absolute atomic E-state index is 4.67.